The molecule has 0 aliphatic heterocycles. The fraction of sp³-hybridized carbons (Fsp3) is 0.350. The Labute approximate surface area is 173 Å². The van der Waals surface area contributed by atoms with Crippen LogP contribution in [-0.4, -0.2) is 33.3 Å². The fourth-order valence-electron chi connectivity index (χ4n) is 2.36. The van der Waals surface area contributed by atoms with Gasteiger partial charge in [0.25, 0.3) is 0 Å². The van der Waals surface area contributed by atoms with Crippen molar-refractivity contribution < 1.29 is 9.47 Å². The highest BCUT2D eigenvalue weighted by Gasteiger charge is 2.03. The predicted molar refractivity (Wildman–Crippen MR) is 119 cm³/mol. The number of guanidine groups is 1. The van der Waals surface area contributed by atoms with Crippen molar-refractivity contribution in [2.75, 3.05) is 32.7 Å². The summed E-state index contributed by atoms with van der Waals surface area (Å²) in [5.74, 6) is 1.55. The number of hydrogen-bond donors (Lipinski definition) is 2. The second kappa shape index (κ2) is 12.5. The Morgan fingerprint density at radius 1 is 1.08 bits per heavy atom. The monoisotopic (exact) mass is 469 g/mol. The average Bonchev–Trinajstić information content (AvgIpc) is 2.64. The maximum Gasteiger partial charge on any atom is 0.195 e. The van der Waals surface area contributed by atoms with Gasteiger partial charge in [-0.1, -0.05) is 30.3 Å². The number of nitrogens with zero attached hydrogens (tertiary/aromatic N) is 1. The summed E-state index contributed by atoms with van der Waals surface area (Å²) in [6.45, 7) is 4.17. The molecule has 2 rings (SSSR count). The third-order valence-electron chi connectivity index (χ3n) is 3.79. The Morgan fingerprint density at radius 3 is 2.62 bits per heavy atom. The number of rotatable bonds is 8. The lowest BCUT2D eigenvalue weighted by molar-refractivity contribution is 0.172. The number of nitrogens with one attached hydrogen (secondary N) is 2. The molecule has 0 bridgehead atoms. The Hall–Kier alpha value is -1.80. The highest BCUT2D eigenvalue weighted by molar-refractivity contribution is 14.0. The average molecular weight is 469 g/mol. The van der Waals surface area contributed by atoms with Crippen molar-refractivity contribution in [2.45, 2.75) is 19.9 Å². The minimum absolute atomic E-state index is 0. The molecular formula is C20H28IN3O2. The summed E-state index contributed by atoms with van der Waals surface area (Å²) < 4.78 is 10.8. The number of anilines is 1. The number of aryl methyl sites for hydroxylation is 1. The van der Waals surface area contributed by atoms with Gasteiger partial charge in [-0.15, -0.1) is 24.0 Å². The molecule has 0 saturated carbocycles. The van der Waals surface area contributed by atoms with E-state index in [1.54, 1.807) is 14.2 Å². The van der Waals surface area contributed by atoms with Crippen molar-refractivity contribution in [3.05, 3.63) is 59.7 Å². The van der Waals surface area contributed by atoms with Crippen molar-refractivity contribution in [3.8, 4) is 5.75 Å². The first-order valence-electron chi connectivity index (χ1n) is 8.47. The van der Waals surface area contributed by atoms with Crippen molar-refractivity contribution in [2.24, 2.45) is 4.99 Å². The first-order valence-corrected chi connectivity index (χ1v) is 8.47. The number of halogens is 1. The Balaban J connectivity index is 0.00000338. The molecular weight excluding hydrogens is 441 g/mol. The second-order valence-corrected chi connectivity index (χ2v) is 5.70. The maximum absolute atomic E-state index is 5.73. The molecule has 2 aromatic carbocycles. The van der Waals surface area contributed by atoms with E-state index in [0.717, 1.165) is 30.4 Å². The van der Waals surface area contributed by atoms with E-state index < -0.39 is 0 Å². The number of hydrogen-bond acceptors (Lipinski definition) is 3. The molecule has 0 atom stereocenters. The van der Waals surface area contributed by atoms with Gasteiger partial charge >= 0.3 is 0 Å². The van der Waals surface area contributed by atoms with E-state index in [9.17, 15) is 0 Å². The zero-order chi connectivity index (χ0) is 17.9. The first-order chi connectivity index (χ1) is 12.2. The summed E-state index contributed by atoms with van der Waals surface area (Å²) >= 11 is 0. The molecule has 2 aromatic rings. The summed E-state index contributed by atoms with van der Waals surface area (Å²) in [4.78, 5) is 4.28. The fourth-order valence-corrected chi connectivity index (χ4v) is 2.36. The van der Waals surface area contributed by atoms with Crippen LogP contribution in [0.25, 0.3) is 0 Å². The molecule has 2 N–H and O–H groups in total. The number of methoxy groups -OCH3 is 1. The van der Waals surface area contributed by atoms with Crippen LogP contribution in [0.3, 0.4) is 0 Å². The van der Waals surface area contributed by atoms with Gasteiger partial charge in [-0.05, 0) is 30.2 Å². The summed E-state index contributed by atoms with van der Waals surface area (Å²) in [5.41, 5.74) is 3.44. The molecule has 0 saturated heterocycles. The molecule has 142 valence electrons. The third kappa shape index (κ3) is 7.61. The minimum Gasteiger partial charge on any atom is -0.493 e. The molecule has 0 unspecified atom stereocenters. The lowest BCUT2D eigenvalue weighted by atomic mass is 10.1. The van der Waals surface area contributed by atoms with Gasteiger partial charge in [-0.25, -0.2) is 0 Å². The predicted octanol–water partition coefficient (Wildman–Crippen LogP) is 4.22. The number of benzene rings is 2. The van der Waals surface area contributed by atoms with E-state index in [2.05, 4.69) is 34.7 Å². The molecule has 0 aromatic heterocycles. The van der Waals surface area contributed by atoms with Gasteiger partial charge in [0.15, 0.2) is 5.96 Å². The third-order valence-corrected chi connectivity index (χ3v) is 3.79. The first kappa shape index (κ1) is 22.2. The molecule has 0 amide bonds. The minimum atomic E-state index is 0. The molecule has 26 heavy (non-hydrogen) atoms. The number of ether oxygens (including phenoxy) is 2. The van der Waals surface area contributed by atoms with E-state index in [0.29, 0.717) is 13.2 Å². The molecule has 5 nitrogen and oxygen atoms in total. The van der Waals surface area contributed by atoms with Crippen molar-refractivity contribution in [1.29, 1.82) is 0 Å². The highest BCUT2D eigenvalue weighted by atomic mass is 127. The van der Waals surface area contributed by atoms with Crippen LogP contribution < -0.4 is 15.4 Å². The summed E-state index contributed by atoms with van der Waals surface area (Å²) in [6.07, 6.45) is 0.869. The zero-order valence-corrected chi connectivity index (χ0v) is 17.9. The van der Waals surface area contributed by atoms with Crippen molar-refractivity contribution in [3.63, 3.8) is 0 Å². The largest absolute Gasteiger partial charge is 0.493 e. The Kier molecular flexibility index (Phi) is 10.7. The van der Waals surface area contributed by atoms with Crippen molar-refractivity contribution in [1.82, 2.24) is 5.32 Å². The number of aliphatic imine (C=N–C) groups is 1. The van der Waals surface area contributed by atoms with Crippen LogP contribution in [0.2, 0.25) is 0 Å². The van der Waals surface area contributed by atoms with Crippen LogP contribution in [0.15, 0.2) is 53.5 Å². The maximum atomic E-state index is 5.73. The van der Waals surface area contributed by atoms with Crippen LogP contribution in [-0.2, 0) is 11.3 Å². The summed E-state index contributed by atoms with van der Waals surface area (Å²) in [5, 5.41) is 6.63. The van der Waals surface area contributed by atoms with Gasteiger partial charge in [0.1, 0.15) is 5.75 Å². The van der Waals surface area contributed by atoms with Crippen LogP contribution >= 0.6 is 24.0 Å². The second-order valence-electron chi connectivity index (χ2n) is 5.70. The van der Waals surface area contributed by atoms with Crippen LogP contribution in [0.5, 0.6) is 5.75 Å². The molecule has 6 heteroatoms. The normalized spacial score (nSPS) is 10.8. The van der Waals surface area contributed by atoms with E-state index in [4.69, 9.17) is 9.47 Å². The van der Waals surface area contributed by atoms with Crippen LogP contribution in [0.1, 0.15) is 17.5 Å². The molecule has 0 fully saturated rings. The van der Waals surface area contributed by atoms with E-state index in [1.165, 1.54) is 11.1 Å². The zero-order valence-electron chi connectivity index (χ0n) is 15.6. The van der Waals surface area contributed by atoms with Gasteiger partial charge in [-0.3, -0.25) is 4.99 Å². The van der Waals surface area contributed by atoms with Crippen LogP contribution in [0.4, 0.5) is 5.69 Å². The Morgan fingerprint density at radius 2 is 1.88 bits per heavy atom. The molecule has 0 aliphatic carbocycles. The highest BCUT2D eigenvalue weighted by Crippen LogP contribution is 2.17. The smallest absolute Gasteiger partial charge is 0.195 e. The molecule has 0 heterocycles. The topological polar surface area (TPSA) is 54.9 Å². The van der Waals surface area contributed by atoms with Gasteiger partial charge in [0, 0.05) is 45.5 Å². The SMILES string of the molecule is CN=C(NCc1ccccc1C)Nc1cccc(OCCCOC)c1.I. The van der Waals surface area contributed by atoms with Gasteiger partial charge in [-0.2, -0.15) is 0 Å². The van der Waals surface area contributed by atoms with E-state index in [-0.39, 0.29) is 24.0 Å². The van der Waals surface area contributed by atoms with Gasteiger partial charge < -0.3 is 20.1 Å². The molecule has 0 radical (unpaired) electrons. The standard InChI is InChI=1S/C20H27N3O2.HI/c1-16-8-4-5-9-17(16)15-22-20(21-2)23-18-10-6-11-19(14-18)25-13-7-12-24-3;/h4-6,8-11,14H,7,12-13,15H2,1-3H3,(H2,21,22,23);1H. The lowest BCUT2D eigenvalue weighted by Gasteiger charge is -2.14. The lowest BCUT2D eigenvalue weighted by Crippen LogP contribution is -2.30. The summed E-state index contributed by atoms with van der Waals surface area (Å²) in [6, 6.07) is 16.2. The van der Waals surface area contributed by atoms with Gasteiger partial charge in [0.2, 0.25) is 0 Å². The van der Waals surface area contributed by atoms with E-state index in [1.807, 2.05) is 36.4 Å². The van der Waals surface area contributed by atoms with Crippen molar-refractivity contribution >= 4 is 35.6 Å². The van der Waals surface area contributed by atoms with Crippen LogP contribution in [0, 0.1) is 6.92 Å². The summed E-state index contributed by atoms with van der Waals surface area (Å²) in [7, 11) is 3.46. The quantitative estimate of drug-likeness (QED) is 0.263. The molecule has 0 aliphatic rings. The van der Waals surface area contributed by atoms with Gasteiger partial charge in [0.05, 0.1) is 6.61 Å². The Bertz CT molecular complexity index is 692. The molecule has 0 spiro atoms. The van der Waals surface area contributed by atoms with E-state index >= 15 is 0 Å².